The molecule has 1 unspecified atom stereocenters. The van der Waals surface area contributed by atoms with Gasteiger partial charge in [-0.25, -0.2) is 4.79 Å². The van der Waals surface area contributed by atoms with Gasteiger partial charge in [0.1, 0.15) is 5.60 Å². The molecule has 116 valence electrons. The maximum absolute atomic E-state index is 11.7. The van der Waals surface area contributed by atoms with Gasteiger partial charge in [0.25, 0.3) is 0 Å². The second-order valence-corrected chi connectivity index (χ2v) is 5.79. The molecule has 7 nitrogen and oxygen atoms in total. The van der Waals surface area contributed by atoms with E-state index in [1.807, 2.05) is 27.7 Å². The zero-order chi connectivity index (χ0) is 15.3. The highest BCUT2D eigenvalue weighted by Gasteiger charge is 2.29. The number of carbonyl (C=O) groups is 1. The average molecular weight is 287 g/mol. The van der Waals surface area contributed by atoms with Crippen LogP contribution in [0.25, 0.3) is 0 Å². The predicted molar refractivity (Wildman–Crippen MR) is 75.5 cm³/mol. The number of carbonyl (C=O) groups excluding carboxylic acids is 1. The maximum Gasteiger partial charge on any atom is 0.408 e. The maximum atomic E-state index is 11.7. The molecule has 1 amide bonds. The fourth-order valence-electron chi connectivity index (χ4n) is 1.81. The van der Waals surface area contributed by atoms with E-state index in [1.165, 1.54) is 0 Å². The monoisotopic (exact) mass is 287 g/mol. The molecule has 1 aliphatic rings. The zero-order valence-corrected chi connectivity index (χ0v) is 12.8. The molecule has 1 aliphatic heterocycles. The minimum Gasteiger partial charge on any atom is -0.444 e. The molecule has 1 rings (SSSR count). The Hall–Kier alpha value is -1.34. The third kappa shape index (κ3) is 5.34. The summed E-state index contributed by atoms with van der Waals surface area (Å²) >= 11 is 0. The SMILES string of the molecule is C[C@H](NC(=O)OC(C)(C)C)C1=NN(C)C(OCCO)C1. The van der Waals surface area contributed by atoms with Crippen molar-refractivity contribution in [1.82, 2.24) is 10.3 Å². The quantitative estimate of drug-likeness (QED) is 0.786. The number of hydrogen-bond acceptors (Lipinski definition) is 6. The van der Waals surface area contributed by atoms with Crippen LogP contribution in [-0.4, -0.2) is 60.1 Å². The molecule has 0 aliphatic carbocycles. The van der Waals surface area contributed by atoms with Gasteiger partial charge >= 0.3 is 6.09 Å². The Balaban J connectivity index is 2.46. The number of nitrogens with zero attached hydrogens (tertiary/aromatic N) is 2. The Morgan fingerprint density at radius 3 is 2.80 bits per heavy atom. The van der Waals surface area contributed by atoms with Gasteiger partial charge in [-0.3, -0.25) is 5.01 Å². The van der Waals surface area contributed by atoms with E-state index in [2.05, 4.69) is 10.4 Å². The van der Waals surface area contributed by atoms with Gasteiger partial charge in [0, 0.05) is 13.5 Å². The van der Waals surface area contributed by atoms with E-state index in [1.54, 1.807) is 12.1 Å². The smallest absolute Gasteiger partial charge is 0.408 e. The summed E-state index contributed by atoms with van der Waals surface area (Å²) in [5.74, 6) is 0. The molecule has 0 aromatic rings. The third-order valence-corrected chi connectivity index (χ3v) is 2.72. The minimum absolute atomic E-state index is 0.0224. The van der Waals surface area contributed by atoms with Crippen LogP contribution in [0.4, 0.5) is 4.79 Å². The summed E-state index contributed by atoms with van der Waals surface area (Å²) < 4.78 is 10.7. The van der Waals surface area contributed by atoms with Crippen LogP contribution in [0, 0.1) is 0 Å². The number of aliphatic hydroxyl groups excluding tert-OH is 1. The summed E-state index contributed by atoms with van der Waals surface area (Å²) in [6.07, 6.45) is -0.0666. The predicted octanol–water partition coefficient (Wildman–Crippen LogP) is 0.926. The lowest BCUT2D eigenvalue weighted by Crippen LogP contribution is -2.41. The molecule has 0 bridgehead atoms. The van der Waals surface area contributed by atoms with Crippen molar-refractivity contribution in [2.45, 2.75) is 52.0 Å². The van der Waals surface area contributed by atoms with Crippen LogP contribution in [0.2, 0.25) is 0 Å². The van der Waals surface area contributed by atoms with Gasteiger partial charge in [-0.15, -0.1) is 0 Å². The Kier molecular flexibility index (Phi) is 5.76. The molecule has 0 saturated heterocycles. The van der Waals surface area contributed by atoms with Crippen LogP contribution < -0.4 is 5.32 Å². The number of amides is 1. The Bertz CT molecular complexity index is 365. The van der Waals surface area contributed by atoms with Gasteiger partial charge in [0.05, 0.1) is 25.0 Å². The molecule has 2 atom stereocenters. The Labute approximate surface area is 119 Å². The Morgan fingerprint density at radius 2 is 2.25 bits per heavy atom. The lowest BCUT2D eigenvalue weighted by molar-refractivity contribution is -0.0436. The van der Waals surface area contributed by atoms with Crippen molar-refractivity contribution in [3.63, 3.8) is 0 Å². The molecule has 20 heavy (non-hydrogen) atoms. The molecule has 1 heterocycles. The van der Waals surface area contributed by atoms with Crippen LogP contribution in [0.1, 0.15) is 34.1 Å². The van der Waals surface area contributed by atoms with E-state index >= 15 is 0 Å². The van der Waals surface area contributed by atoms with Crippen LogP contribution in [0.15, 0.2) is 5.10 Å². The van der Waals surface area contributed by atoms with Crippen LogP contribution >= 0.6 is 0 Å². The second kappa shape index (κ2) is 6.90. The number of alkyl carbamates (subject to hydrolysis) is 1. The molecule has 0 saturated carbocycles. The van der Waals surface area contributed by atoms with E-state index in [9.17, 15) is 4.79 Å². The molecular weight excluding hydrogens is 262 g/mol. The van der Waals surface area contributed by atoms with Gasteiger partial charge in [0.2, 0.25) is 0 Å². The van der Waals surface area contributed by atoms with Crippen LogP contribution in [0.5, 0.6) is 0 Å². The molecule has 0 aromatic heterocycles. The summed E-state index contributed by atoms with van der Waals surface area (Å²) in [6.45, 7) is 7.55. The highest BCUT2D eigenvalue weighted by atomic mass is 16.6. The largest absolute Gasteiger partial charge is 0.444 e. The van der Waals surface area contributed by atoms with Gasteiger partial charge < -0.3 is 19.9 Å². The van der Waals surface area contributed by atoms with Gasteiger partial charge in [-0.1, -0.05) is 0 Å². The van der Waals surface area contributed by atoms with Gasteiger partial charge in [-0.05, 0) is 27.7 Å². The second-order valence-electron chi connectivity index (χ2n) is 5.79. The standard InChI is InChI=1S/C13H25N3O4/c1-9(14-12(18)20-13(2,3)4)10-8-11(16(5)15-10)19-7-6-17/h9,11,17H,6-8H2,1-5H3,(H,14,18)/t9-,11?/m0/s1. The van der Waals surface area contributed by atoms with E-state index < -0.39 is 11.7 Å². The first-order chi connectivity index (χ1) is 9.23. The summed E-state index contributed by atoms with van der Waals surface area (Å²) in [7, 11) is 1.80. The lowest BCUT2D eigenvalue weighted by Gasteiger charge is -2.22. The summed E-state index contributed by atoms with van der Waals surface area (Å²) in [5.41, 5.74) is 0.298. The van der Waals surface area contributed by atoms with E-state index in [0.717, 1.165) is 5.71 Å². The van der Waals surface area contributed by atoms with Crippen molar-refractivity contribution >= 4 is 11.8 Å². The molecule has 0 aromatic carbocycles. The number of hydrazone groups is 1. The number of ether oxygens (including phenoxy) is 2. The fraction of sp³-hybridized carbons (Fsp3) is 0.846. The molecule has 0 radical (unpaired) electrons. The summed E-state index contributed by atoms with van der Waals surface area (Å²) in [5, 5.41) is 17.6. The average Bonchev–Trinajstić information content (AvgIpc) is 2.65. The molecule has 0 spiro atoms. The minimum atomic E-state index is -0.523. The number of rotatable bonds is 5. The van der Waals surface area contributed by atoms with E-state index in [0.29, 0.717) is 6.42 Å². The summed E-state index contributed by atoms with van der Waals surface area (Å²) in [6, 6.07) is -0.227. The highest BCUT2D eigenvalue weighted by Crippen LogP contribution is 2.16. The highest BCUT2D eigenvalue weighted by molar-refractivity contribution is 5.92. The van der Waals surface area contributed by atoms with Crippen LogP contribution in [-0.2, 0) is 9.47 Å². The summed E-state index contributed by atoms with van der Waals surface area (Å²) in [4.78, 5) is 11.7. The first-order valence-corrected chi connectivity index (χ1v) is 6.75. The molecule has 7 heteroatoms. The van der Waals surface area contributed by atoms with Gasteiger partial charge in [-0.2, -0.15) is 5.10 Å². The van der Waals surface area contributed by atoms with Crippen molar-refractivity contribution in [2.24, 2.45) is 5.10 Å². The first-order valence-electron chi connectivity index (χ1n) is 6.75. The van der Waals surface area contributed by atoms with Gasteiger partial charge in [0.15, 0.2) is 6.23 Å². The normalized spacial score (nSPS) is 20.6. The lowest BCUT2D eigenvalue weighted by atomic mass is 10.1. The van der Waals surface area contributed by atoms with E-state index in [4.69, 9.17) is 14.6 Å². The van der Waals surface area contributed by atoms with Crippen molar-refractivity contribution in [3.05, 3.63) is 0 Å². The topological polar surface area (TPSA) is 83.4 Å². The van der Waals surface area contributed by atoms with Crippen molar-refractivity contribution in [1.29, 1.82) is 0 Å². The van der Waals surface area contributed by atoms with Crippen molar-refractivity contribution in [3.8, 4) is 0 Å². The zero-order valence-electron chi connectivity index (χ0n) is 12.8. The molecule has 0 fully saturated rings. The van der Waals surface area contributed by atoms with Crippen molar-refractivity contribution < 1.29 is 19.4 Å². The molecular formula is C13H25N3O4. The number of aliphatic hydroxyl groups is 1. The Morgan fingerprint density at radius 1 is 1.60 bits per heavy atom. The van der Waals surface area contributed by atoms with Crippen molar-refractivity contribution in [2.75, 3.05) is 20.3 Å². The first kappa shape index (κ1) is 16.7. The fourth-order valence-corrected chi connectivity index (χ4v) is 1.81. The number of nitrogens with one attached hydrogen (secondary N) is 1. The van der Waals surface area contributed by atoms with Crippen LogP contribution in [0.3, 0.4) is 0 Å². The molecule has 2 N–H and O–H groups in total. The van der Waals surface area contributed by atoms with E-state index in [-0.39, 0.29) is 25.5 Å². The third-order valence-electron chi connectivity index (χ3n) is 2.72. The number of hydrogen-bond donors (Lipinski definition) is 2.